The molecule has 0 heterocycles. The second-order valence-corrected chi connectivity index (χ2v) is 10.2. The molecule has 0 aromatic heterocycles. The predicted octanol–water partition coefficient (Wildman–Crippen LogP) is 3.06. The first-order valence-corrected chi connectivity index (χ1v) is 8.59. The Labute approximate surface area is 80.4 Å². The minimum Gasteiger partial charge on any atom is -0.397 e. The third-order valence-electron chi connectivity index (χ3n) is 0.905. The summed E-state index contributed by atoms with van der Waals surface area (Å²) in [4.78, 5) is 0. The number of hydrogen-bond donors (Lipinski definition) is 1. The lowest BCUT2D eigenvalue weighted by atomic mass is 10.6. The number of aliphatic hydroxyl groups is 1. The molecule has 11 heavy (non-hydrogen) atoms. The number of aliphatic hydroxyl groups excluding tert-OH is 1. The molecule has 1 N–H and O–H groups in total. The Morgan fingerprint density at radius 2 is 1.73 bits per heavy atom. The van der Waals surface area contributed by atoms with Gasteiger partial charge in [-0.05, 0) is 19.4 Å². The summed E-state index contributed by atoms with van der Waals surface area (Å²) in [7, 11) is -1.29. The van der Waals surface area contributed by atoms with Gasteiger partial charge in [0.2, 0.25) is 0 Å². The largest absolute Gasteiger partial charge is 0.397 e. The molecule has 0 rings (SSSR count). The Balaban J connectivity index is 0. The maximum atomic E-state index is 7.57. The highest BCUT2D eigenvalue weighted by Crippen LogP contribution is 2.16. The maximum absolute atomic E-state index is 7.57. The Bertz CT molecular complexity index is 73.3. The van der Waals surface area contributed by atoms with Crippen LogP contribution < -0.4 is 0 Å². The van der Waals surface area contributed by atoms with Crippen LogP contribution in [0.4, 0.5) is 0 Å². The standard InChI is InChI=1S/C5H12Cl2Si.C2H6O/c1-8(2,7)5-3-4-6;1-2-3/h3-5H2,1-2H3;3H,2H2,1H3. The van der Waals surface area contributed by atoms with E-state index in [4.69, 9.17) is 27.8 Å². The lowest BCUT2D eigenvalue weighted by Gasteiger charge is -2.09. The van der Waals surface area contributed by atoms with Gasteiger partial charge in [-0.15, -0.1) is 11.6 Å². The van der Waals surface area contributed by atoms with Gasteiger partial charge in [-0.1, -0.05) is 13.1 Å². The van der Waals surface area contributed by atoms with Crippen molar-refractivity contribution in [2.75, 3.05) is 12.5 Å². The van der Waals surface area contributed by atoms with Gasteiger partial charge < -0.3 is 5.11 Å². The van der Waals surface area contributed by atoms with E-state index in [0.717, 1.165) is 18.3 Å². The highest BCUT2D eigenvalue weighted by molar-refractivity contribution is 7.19. The Hall–Kier alpha value is 0.757. The zero-order chi connectivity index (χ0) is 9.33. The van der Waals surface area contributed by atoms with E-state index < -0.39 is 7.38 Å². The van der Waals surface area contributed by atoms with Crippen molar-refractivity contribution in [3.8, 4) is 0 Å². The third-order valence-corrected chi connectivity index (χ3v) is 3.28. The summed E-state index contributed by atoms with van der Waals surface area (Å²) >= 11 is 11.5. The zero-order valence-electron chi connectivity index (χ0n) is 7.53. The van der Waals surface area contributed by atoms with Gasteiger partial charge in [-0.25, -0.2) is 0 Å². The molecule has 0 amide bonds. The molecule has 0 spiro atoms. The van der Waals surface area contributed by atoms with Gasteiger partial charge in [0.25, 0.3) is 0 Å². The molecule has 0 unspecified atom stereocenters. The fraction of sp³-hybridized carbons (Fsp3) is 1.00. The van der Waals surface area contributed by atoms with Gasteiger partial charge in [0.05, 0.1) is 0 Å². The molecule has 0 saturated heterocycles. The first-order chi connectivity index (χ1) is 4.97. The fourth-order valence-corrected chi connectivity index (χ4v) is 2.26. The fourth-order valence-electron chi connectivity index (χ4n) is 0.487. The van der Waals surface area contributed by atoms with Crippen LogP contribution in [-0.4, -0.2) is 25.0 Å². The zero-order valence-corrected chi connectivity index (χ0v) is 10.0. The van der Waals surface area contributed by atoms with Crippen LogP contribution in [-0.2, 0) is 0 Å². The van der Waals surface area contributed by atoms with Crippen LogP contribution in [0.15, 0.2) is 0 Å². The van der Waals surface area contributed by atoms with Crippen molar-refractivity contribution in [1.29, 1.82) is 0 Å². The highest BCUT2D eigenvalue weighted by atomic mass is 35.6. The van der Waals surface area contributed by atoms with Crippen LogP contribution in [0.3, 0.4) is 0 Å². The monoisotopic (exact) mass is 216 g/mol. The molecular formula is C7H18Cl2OSi. The Kier molecular flexibility index (Phi) is 11.5. The average Bonchev–Trinajstić information content (AvgIpc) is 1.84. The normalized spacial score (nSPS) is 10.4. The van der Waals surface area contributed by atoms with E-state index in [1.54, 1.807) is 6.92 Å². The molecule has 0 atom stereocenters. The molecule has 0 aromatic rings. The predicted molar refractivity (Wildman–Crippen MR) is 56.2 cm³/mol. The van der Waals surface area contributed by atoms with Gasteiger partial charge >= 0.3 is 0 Å². The Morgan fingerprint density at radius 1 is 1.36 bits per heavy atom. The lowest BCUT2D eigenvalue weighted by molar-refractivity contribution is 0.318. The minimum atomic E-state index is -1.29. The summed E-state index contributed by atoms with van der Waals surface area (Å²) < 4.78 is 0. The Morgan fingerprint density at radius 3 is 1.82 bits per heavy atom. The molecule has 0 saturated carbocycles. The van der Waals surface area contributed by atoms with Crippen molar-refractivity contribution in [3.63, 3.8) is 0 Å². The van der Waals surface area contributed by atoms with Crippen molar-refractivity contribution in [2.45, 2.75) is 32.5 Å². The summed E-state index contributed by atoms with van der Waals surface area (Å²) in [5.74, 6) is 0.753. The minimum absolute atomic E-state index is 0.250. The van der Waals surface area contributed by atoms with E-state index in [1.165, 1.54) is 0 Å². The summed E-state index contributed by atoms with van der Waals surface area (Å²) in [6, 6.07) is 1.14. The van der Waals surface area contributed by atoms with Crippen molar-refractivity contribution < 1.29 is 5.11 Å². The average molecular weight is 217 g/mol. The molecule has 4 heteroatoms. The number of alkyl halides is 1. The summed E-state index contributed by atoms with van der Waals surface area (Å²) in [6.07, 6.45) is 1.07. The van der Waals surface area contributed by atoms with E-state index in [-0.39, 0.29) is 6.61 Å². The van der Waals surface area contributed by atoms with Gasteiger partial charge in [-0.3, -0.25) is 0 Å². The number of rotatable bonds is 3. The molecule has 0 radical (unpaired) electrons. The topological polar surface area (TPSA) is 20.2 Å². The SMILES string of the molecule is CCO.C[Si](C)(Cl)CCCCl. The van der Waals surface area contributed by atoms with Crippen molar-refractivity contribution in [2.24, 2.45) is 0 Å². The lowest BCUT2D eigenvalue weighted by Crippen LogP contribution is -2.15. The quantitative estimate of drug-likeness (QED) is 0.437. The molecule has 70 valence electrons. The molecule has 1 nitrogen and oxygen atoms in total. The van der Waals surface area contributed by atoms with Crippen LogP contribution >= 0.6 is 22.7 Å². The van der Waals surface area contributed by atoms with Crippen LogP contribution in [0.5, 0.6) is 0 Å². The van der Waals surface area contributed by atoms with E-state index in [9.17, 15) is 0 Å². The molecule has 0 fully saturated rings. The number of hydrogen-bond acceptors (Lipinski definition) is 1. The van der Waals surface area contributed by atoms with Gasteiger partial charge in [0, 0.05) is 12.5 Å². The van der Waals surface area contributed by atoms with Crippen molar-refractivity contribution >= 4 is 30.1 Å². The van der Waals surface area contributed by atoms with Gasteiger partial charge in [-0.2, -0.15) is 11.1 Å². The van der Waals surface area contributed by atoms with E-state index in [0.29, 0.717) is 0 Å². The summed E-state index contributed by atoms with van der Waals surface area (Å²) in [5, 5.41) is 7.57. The number of halogens is 2. The second-order valence-electron chi connectivity index (χ2n) is 2.83. The molecule has 0 aliphatic rings. The third kappa shape index (κ3) is 24.9. The smallest absolute Gasteiger partial charge is 0.150 e. The van der Waals surface area contributed by atoms with Gasteiger partial charge in [0.1, 0.15) is 0 Å². The molecular weight excluding hydrogens is 199 g/mol. The van der Waals surface area contributed by atoms with Crippen LogP contribution in [0.2, 0.25) is 19.1 Å². The molecule has 0 aliphatic carbocycles. The van der Waals surface area contributed by atoms with Crippen molar-refractivity contribution in [3.05, 3.63) is 0 Å². The van der Waals surface area contributed by atoms with E-state index >= 15 is 0 Å². The first kappa shape index (κ1) is 14.3. The highest BCUT2D eigenvalue weighted by Gasteiger charge is 2.14. The van der Waals surface area contributed by atoms with E-state index in [2.05, 4.69) is 13.1 Å². The van der Waals surface area contributed by atoms with E-state index in [1.807, 2.05) is 0 Å². The van der Waals surface area contributed by atoms with Gasteiger partial charge in [0.15, 0.2) is 7.38 Å². The summed E-state index contributed by atoms with van der Waals surface area (Å²) in [6.45, 7) is 6.21. The molecule has 0 aromatic carbocycles. The van der Waals surface area contributed by atoms with Crippen LogP contribution in [0.1, 0.15) is 13.3 Å². The first-order valence-electron chi connectivity index (χ1n) is 3.83. The van der Waals surface area contributed by atoms with Crippen LogP contribution in [0, 0.1) is 0 Å². The maximum Gasteiger partial charge on any atom is 0.150 e. The van der Waals surface area contributed by atoms with Crippen molar-refractivity contribution in [1.82, 2.24) is 0 Å². The van der Waals surface area contributed by atoms with Crippen LogP contribution in [0.25, 0.3) is 0 Å². The summed E-state index contributed by atoms with van der Waals surface area (Å²) in [5.41, 5.74) is 0. The molecule has 0 bridgehead atoms. The second kappa shape index (κ2) is 8.85. The molecule has 0 aliphatic heterocycles.